The van der Waals surface area contributed by atoms with E-state index in [2.05, 4.69) is 4.90 Å². The van der Waals surface area contributed by atoms with E-state index in [9.17, 15) is 4.79 Å². The van der Waals surface area contributed by atoms with Crippen LogP contribution in [0.2, 0.25) is 0 Å². The maximum absolute atomic E-state index is 11.4. The zero-order valence-corrected chi connectivity index (χ0v) is 10.1. The molecule has 0 aromatic heterocycles. The zero-order valence-electron chi connectivity index (χ0n) is 10.1. The standard InChI is InChI=1S/C13H19N3O/c1-16(10-4-2-3-5-10)12-8-9(14)6-7-11(12)13(15)17/h6-8,10H,2-5,14H2,1H3,(H2,15,17). The Kier molecular flexibility index (Phi) is 3.22. The fourth-order valence-electron chi connectivity index (χ4n) is 2.54. The molecule has 1 aliphatic rings. The van der Waals surface area contributed by atoms with Gasteiger partial charge in [0, 0.05) is 18.8 Å². The predicted molar refractivity (Wildman–Crippen MR) is 70.0 cm³/mol. The highest BCUT2D eigenvalue weighted by atomic mass is 16.1. The molecule has 4 N–H and O–H groups in total. The maximum atomic E-state index is 11.4. The van der Waals surface area contributed by atoms with Crippen LogP contribution in [0.3, 0.4) is 0 Å². The summed E-state index contributed by atoms with van der Waals surface area (Å²) in [5.74, 6) is -0.398. The van der Waals surface area contributed by atoms with Crippen molar-refractivity contribution in [3.63, 3.8) is 0 Å². The van der Waals surface area contributed by atoms with Crippen LogP contribution in [0.5, 0.6) is 0 Å². The first-order valence-corrected chi connectivity index (χ1v) is 6.02. The third-order valence-electron chi connectivity index (χ3n) is 3.54. The topological polar surface area (TPSA) is 72.3 Å². The molecular formula is C13H19N3O. The van der Waals surface area contributed by atoms with Crippen molar-refractivity contribution in [2.24, 2.45) is 5.73 Å². The lowest BCUT2D eigenvalue weighted by Crippen LogP contribution is -2.31. The lowest BCUT2D eigenvalue weighted by atomic mass is 10.1. The molecule has 0 spiro atoms. The highest BCUT2D eigenvalue weighted by Gasteiger charge is 2.22. The van der Waals surface area contributed by atoms with Crippen molar-refractivity contribution in [3.05, 3.63) is 23.8 Å². The van der Waals surface area contributed by atoms with E-state index in [1.807, 2.05) is 13.1 Å². The summed E-state index contributed by atoms with van der Waals surface area (Å²) in [4.78, 5) is 13.5. The molecule has 1 fully saturated rings. The zero-order chi connectivity index (χ0) is 12.4. The Morgan fingerprint density at radius 1 is 1.35 bits per heavy atom. The lowest BCUT2D eigenvalue weighted by molar-refractivity contribution is 0.100. The Bertz CT molecular complexity index is 425. The van der Waals surface area contributed by atoms with E-state index in [-0.39, 0.29) is 0 Å². The van der Waals surface area contributed by atoms with E-state index in [1.165, 1.54) is 25.7 Å². The van der Waals surface area contributed by atoms with Crippen LogP contribution >= 0.6 is 0 Å². The molecule has 0 atom stereocenters. The van der Waals surface area contributed by atoms with Gasteiger partial charge in [-0.1, -0.05) is 12.8 Å². The van der Waals surface area contributed by atoms with Crippen LogP contribution in [-0.2, 0) is 0 Å². The highest BCUT2D eigenvalue weighted by Crippen LogP contribution is 2.30. The van der Waals surface area contributed by atoms with Crippen LogP contribution < -0.4 is 16.4 Å². The largest absolute Gasteiger partial charge is 0.399 e. The van der Waals surface area contributed by atoms with Crippen LogP contribution in [0.25, 0.3) is 0 Å². The predicted octanol–water partition coefficient (Wildman–Crippen LogP) is 1.75. The minimum atomic E-state index is -0.398. The summed E-state index contributed by atoms with van der Waals surface area (Å²) in [5.41, 5.74) is 13.2. The Labute approximate surface area is 102 Å². The summed E-state index contributed by atoms with van der Waals surface area (Å²) in [6.45, 7) is 0. The molecule has 1 saturated carbocycles. The summed E-state index contributed by atoms with van der Waals surface area (Å²) in [6, 6.07) is 5.75. The van der Waals surface area contributed by atoms with Crippen LogP contribution in [0.1, 0.15) is 36.0 Å². The van der Waals surface area contributed by atoms with E-state index >= 15 is 0 Å². The Morgan fingerprint density at radius 2 is 2.00 bits per heavy atom. The van der Waals surface area contributed by atoms with Crippen molar-refractivity contribution in [2.45, 2.75) is 31.7 Å². The van der Waals surface area contributed by atoms with Crippen molar-refractivity contribution in [1.29, 1.82) is 0 Å². The van der Waals surface area contributed by atoms with E-state index in [0.717, 1.165) is 5.69 Å². The second-order valence-electron chi connectivity index (χ2n) is 4.69. The molecule has 0 saturated heterocycles. The number of hydrogen-bond acceptors (Lipinski definition) is 3. The van der Waals surface area contributed by atoms with E-state index in [4.69, 9.17) is 11.5 Å². The summed E-state index contributed by atoms with van der Waals surface area (Å²) < 4.78 is 0. The first-order valence-electron chi connectivity index (χ1n) is 6.02. The molecule has 0 unspecified atom stereocenters. The molecule has 92 valence electrons. The molecule has 0 bridgehead atoms. The normalized spacial score (nSPS) is 16.1. The first-order chi connectivity index (χ1) is 8.09. The Hall–Kier alpha value is -1.71. The number of nitrogens with zero attached hydrogens (tertiary/aromatic N) is 1. The van der Waals surface area contributed by atoms with Gasteiger partial charge in [0.05, 0.1) is 11.3 Å². The number of primary amides is 1. The van der Waals surface area contributed by atoms with Gasteiger partial charge in [-0.05, 0) is 31.0 Å². The van der Waals surface area contributed by atoms with Crippen LogP contribution in [-0.4, -0.2) is 19.0 Å². The molecule has 1 aromatic rings. The van der Waals surface area contributed by atoms with Crippen molar-refractivity contribution >= 4 is 17.3 Å². The van der Waals surface area contributed by atoms with E-state index < -0.39 is 5.91 Å². The third-order valence-corrected chi connectivity index (χ3v) is 3.54. The van der Waals surface area contributed by atoms with Crippen molar-refractivity contribution < 1.29 is 4.79 Å². The molecule has 1 aromatic carbocycles. The van der Waals surface area contributed by atoms with E-state index in [1.54, 1.807) is 12.1 Å². The number of nitrogens with two attached hydrogens (primary N) is 2. The summed E-state index contributed by atoms with van der Waals surface area (Å²) in [5, 5.41) is 0. The second kappa shape index (κ2) is 4.65. The van der Waals surface area contributed by atoms with Crippen LogP contribution in [0.15, 0.2) is 18.2 Å². The average Bonchev–Trinajstić information content (AvgIpc) is 2.80. The molecule has 2 rings (SSSR count). The van der Waals surface area contributed by atoms with Gasteiger partial charge in [0.25, 0.3) is 5.91 Å². The first kappa shape index (κ1) is 11.8. The number of rotatable bonds is 3. The van der Waals surface area contributed by atoms with Gasteiger partial charge < -0.3 is 16.4 Å². The van der Waals surface area contributed by atoms with E-state index in [0.29, 0.717) is 17.3 Å². The molecule has 4 nitrogen and oxygen atoms in total. The SMILES string of the molecule is CN(c1cc(N)ccc1C(N)=O)C1CCCC1. The molecule has 4 heteroatoms. The number of hydrogen-bond donors (Lipinski definition) is 2. The minimum absolute atomic E-state index is 0.398. The molecule has 1 aliphatic carbocycles. The number of amides is 1. The number of nitrogen functional groups attached to an aromatic ring is 1. The van der Waals surface area contributed by atoms with Crippen molar-refractivity contribution in [2.75, 3.05) is 17.7 Å². The average molecular weight is 233 g/mol. The molecule has 0 aliphatic heterocycles. The molecule has 0 heterocycles. The Morgan fingerprint density at radius 3 is 2.59 bits per heavy atom. The monoisotopic (exact) mass is 233 g/mol. The molecular weight excluding hydrogens is 214 g/mol. The van der Waals surface area contributed by atoms with Gasteiger partial charge in [0.2, 0.25) is 0 Å². The summed E-state index contributed by atoms with van der Waals surface area (Å²) in [7, 11) is 2.01. The Balaban J connectivity index is 2.34. The fourth-order valence-corrected chi connectivity index (χ4v) is 2.54. The quantitative estimate of drug-likeness (QED) is 0.781. The van der Waals surface area contributed by atoms with Gasteiger partial charge in [0.15, 0.2) is 0 Å². The van der Waals surface area contributed by atoms with Gasteiger partial charge in [-0.3, -0.25) is 4.79 Å². The van der Waals surface area contributed by atoms with Crippen molar-refractivity contribution in [1.82, 2.24) is 0 Å². The van der Waals surface area contributed by atoms with Gasteiger partial charge in [-0.2, -0.15) is 0 Å². The number of benzene rings is 1. The van der Waals surface area contributed by atoms with Crippen molar-refractivity contribution in [3.8, 4) is 0 Å². The van der Waals surface area contributed by atoms with Gasteiger partial charge in [-0.15, -0.1) is 0 Å². The van der Waals surface area contributed by atoms with Gasteiger partial charge in [-0.25, -0.2) is 0 Å². The van der Waals surface area contributed by atoms with Crippen LogP contribution in [0.4, 0.5) is 11.4 Å². The maximum Gasteiger partial charge on any atom is 0.250 e. The lowest BCUT2D eigenvalue weighted by Gasteiger charge is -2.28. The smallest absolute Gasteiger partial charge is 0.250 e. The third kappa shape index (κ3) is 2.35. The van der Waals surface area contributed by atoms with Gasteiger partial charge in [0.1, 0.15) is 0 Å². The minimum Gasteiger partial charge on any atom is -0.399 e. The molecule has 17 heavy (non-hydrogen) atoms. The van der Waals surface area contributed by atoms with Crippen LogP contribution in [0, 0.1) is 0 Å². The highest BCUT2D eigenvalue weighted by molar-refractivity contribution is 5.99. The number of anilines is 2. The number of carbonyl (C=O) groups is 1. The number of carbonyl (C=O) groups excluding carboxylic acids is 1. The second-order valence-corrected chi connectivity index (χ2v) is 4.69. The molecule has 0 radical (unpaired) electrons. The summed E-state index contributed by atoms with van der Waals surface area (Å²) >= 11 is 0. The fraction of sp³-hybridized carbons (Fsp3) is 0.462. The van der Waals surface area contributed by atoms with Gasteiger partial charge >= 0.3 is 0 Å². The summed E-state index contributed by atoms with van der Waals surface area (Å²) in [6.07, 6.45) is 4.85. The molecule has 1 amide bonds.